The van der Waals surface area contributed by atoms with E-state index in [4.69, 9.17) is 5.11 Å². The van der Waals surface area contributed by atoms with Crippen LogP contribution in [0.1, 0.15) is 18.9 Å². The van der Waals surface area contributed by atoms with Gasteiger partial charge in [-0.3, -0.25) is 4.72 Å². The first kappa shape index (κ1) is 14.5. The van der Waals surface area contributed by atoms with Crippen LogP contribution in [0.2, 0.25) is 0 Å². The third kappa shape index (κ3) is 4.65. The summed E-state index contributed by atoms with van der Waals surface area (Å²) in [4.78, 5) is 0. The van der Waals surface area contributed by atoms with E-state index in [2.05, 4.69) is 20.7 Å². The number of hydrogen-bond donors (Lipinski definition) is 2. The first-order chi connectivity index (χ1) is 7.98. The van der Waals surface area contributed by atoms with Gasteiger partial charge < -0.3 is 5.11 Å². The zero-order valence-electron chi connectivity index (χ0n) is 9.61. The Balaban J connectivity index is 2.87. The molecule has 0 radical (unpaired) electrons. The van der Waals surface area contributed by atoms with Crippen LogP contribution in [0.3, 0.4) is 0 Å². The molecule has 0 aliphatic rings. The number of hydrogen-bond acceptors (Lipinski definition) is 3. The second-order valence-corrected chi connectivity index (χ2v) is 6.41. The van der Waals surface area contributed by atoms with Crippen LogP contribution in [0, 0.1) is 0 Å². The smallest absolute Gasteiger partial charge is 0.232 e. The number of anilines is 1. The molecule has 0 aliphatic carbocycles. The Labute approximate surface area is 110 Å². The quantitative estimate of drug-likeness (QED) is 0.843. The van der Waals surface area contributed by atoms with E-state index in [1.807, 2.05) is 13.0 Å². The van der Waals surface area contributed by atoms with Crippen molar-refractivity contribution in [2.45, 2.75) is 19.8 Å². The first-order valence-electron chi connectivity index (χ1n) is 5.38. The standard InChI is InChI=1S/C11H16BrNO3S/c1-2-9-8-10(12)4-5-11(9)13-17(15,16)7-3-6-14/h4-5,8,13-14H,2-3,6-7H2,1H3. The van der Waals surface area contributed by atoms with Crippen molar-refractivity contribution >= 4 is 31.6 Å². The lowest BCUT2D eigenvalue weighted by Crippen LogP contribution is -2.18. The van der Waals surface area contributed by atoms with Gasteiger partial charge in [0.15, 0.2) is 0 Å². The van der Waals surface area contributed by atoms with Crippen LogP contribution in [0.4, 0.5) is 5.69 Å². The van der Waals surface area contributed by atoms with E-state index >= 15 is 0 Å². The number of aliphatic hydroxyl groups is 1. The monoisotopic (exact) mass is 321 g/mol. The summed E-state index contributed by atoms with van der Waals surface area (Å²) in [5.74, 6) is -0.0667. The van der Waals surface area contributed by atoms with Crippen molar-refractivity contribution < 1.29 is 13.5 Å². The molecule has 0 heterocycles. The molecule has 1 aromatic rings. The summed E-state index contributed by atoms with van der Waals surface area (Å²) >= 11 is 3.35. The average molecular weight is 322 g/mol. The highest BCUT2D eigenvalue weighted by molar-refractivity contribution is 9.10. The second-order valence-electron chi connectivity index (χ2n) is 3.65. The summed E-state index contributed by atoms with van der Waals surface area (Å²) in [6, 6.07) is 5.42. The van der Waals surface area contributed by atoms with Crippen LogP contribution >= 0.6 is 15.9 Å². The van der Waals surface area contributed by atoms with E-state index in [0.717, 1.165) is 16.5 Å². The van der Waals surface area contributed by atoms with Gasteiger partial charge in [-0.1, -0.05) is 22.9 Å². The largest absolute Gasteiger partial charge is 0.396 e. The molecule has 2 N–H and O–H groups in total. The van der Waals surface area contributed by atoms with E-state index in [9.17, 15) is 8.42 Å². The van der Waals surface area contributed by atoms with Crippen LogP contribution in [0.25, 0.3) is 0 Å². The summed E-state index contributed by atoms with van der Waals surface area (Å²) in [6.45, 7) is 1.84. The molecular weight excluding hydrogens is 306 g/mol. The van der Waals surface area contributed by atoms with Crippen LogP contribution in [0.5, 0.6) is 0 Å². The van der Waals surface area contributed by atoms with Gasteiger partial charge in [0, 0.05) is 11.1 Å². The van der Waals surface area contributed by atoms with Crippen LogP contribution < -0.4 is 4.72 Å². The maximum Gasteiger partial charge on any atom is 0.232 e. The van der Waals surface area contributed by atoms with Gasteiger partial charge >= 0.3 is 0 Å². The van der Waals surface area contributed by atoms with E-state index < -0.39 is 10.0 Å². The third-order valence-electron chi connectivity index (χ3n) is 2.28. The molecule has 0 spiro atoms. The maximum atomic E-state index is 11.7. The predicted molar refractivity (Wildman–Crippen MR) is 72.6 cm³/mol. The van der Waals surface area contributed by atoms with Gasteiger partial charge in [-0.2, -0.15) is 0 Å². The van der Waals surface area contributed by atoms with E-state index in [-0.39, 0.29) is 18.8 Å². The fourth-order valence-corrected chi connectivity index (χ4v) is 2.98. The van der Waals surface area contributed by atoms with Gasteiger partial charge in [0.2, 0.25) is 10.0 Å². The van der Waals surface area contributed by atoms with Gasteiger partial charge in [0.05, 0.1) is 11.4 Å². The van der Waals surface area contributed by atoms with Gasteiger partial charge in [-0.15, -0.1) is 0 Å². The lowest BCUT2D eigenvalue weighted by Gasteiger charge is -2.11. The molecule has 96 valence electrons. The molecule has 1 rings (SSSR count). The summed E-state index contributed by atoms with van der Waals surface area (Å²) in [7, 11) is -3.37. The molecule has 0 amide bonds. The molecule has 0 fully saturated rings. The van der Waals surface area contributed by atoms with Crippen molar-refractivity contribution in [3.05, 3.63) is 28.2 Å². The Morgan fingerprint density at radius 2 is 2.12 bits per heavy atom. The van der Waals surface area contributed by atoms with Crippen LogP contribution in [-0.2, 0) is 16.4 Å². The Bertz CT molecular complexity index is 474. The van der Waals surface area contributed by atoms with Gasteiger partial charge in [-0.05, 0) is 36.6 Å². The summed E-state index contributed by atoms with van der Waals surface area (Å²) in [5.41, 5.74) is 1.54. The SMILES string of the molecule is CCc1cc(Br)ccc1NS(=O)(=O)CCCO. The predicted octanol–water partition coefficient (Wildman–Crippen LogP) is 2.14. The van der Waals surface area contributed by atoms with Crippen molar-refractivity contribution in [2.24, 2.45) is 0 Å². The third-order valence-corrected chi connectivity index (χ3v) is 4.14. The molecule has 0 saturated carbocycles. The number of benzene rings is 1. The van der Waals surface area contributed by atoms with Gasteiger partial charge in [0.25, 0.3) is 0 Å². The van der Waals surface area contributed by atoms with Crippen molar-refractivity contribution in [1.29, 1.82) is 0 Å². The lowest BCUT2D eigenvalue weighted by atomic mass is 10.1. The zero-order valence-corrected chi connectivity index (χ0v) is 12.0. The second kappa shape index (κ2) is 6.37. The highest BCUT2D eigenvalue weighted by Crippen LogP contribution is 2.22. The first-order valence-corrected chi connectivity index (χ1v) is 7.83. The zero-order chi connectivity index (χ0) is 12.9. The Hall–Kier alpha value is -0.590. The normalized spacial score (nSPS) is 11.5. The molecule has 1 aromatic carbocycles. The molecule has 0 atom stereocenters. The average Bonchev–Trinajstić information content (AvgIpc) is 2.28. The van der Waals surface area contributed by atoms with E-state index in [1.54, 1.807) is 12.1 Å². The van der Waals surface area contributed by atoms with Crippen molar-refractivity contribution in [1.82, 2.24) is 0 Å². The highest BCUT2D eigenvalue weighted by atomic mass is 79.9. The van der Waals surface area contributed by atoms with Crippen molar-refractivity contribution in [3.63, 3.8) is 0 Å². The Morgan fingerprint density at radius 1 is 1.41 bits per heavy atom. The number of aliphatic hydroxyl groups excluding tert-OH is 1. The van der Waals surface area contributed by atoms with Crippen LogP contribution in [-0.4, -0.2) is 25.9 Å². The summed E-state index contributed by atoms with van der Waals surface area (Å²) in [5, 5.41) is 8.63. The fourth-order valence-electron chi connectivity index (χ4n) is 1.43. The Kier molecular flexibility index (Phi) is 5.42. The molecule has 0 aliphatic heterocycles. The minimum atomic E-state index is -3.37. The van der Waals surface area contributed by atoms with Crippen molar-refractivity contribution in [3.8, 4) is 0 Å². The highest BCUT2D eigenvalue weighted by Gasteiger charge is 2.12. The van der Waals surface area contributed by atoms with Crippen molar-refractivity contribution in [2.75, 3.05) is 17.1 Å². The van der Waals surface area contributed by atoms with Crippen LogP contribution in [0.15, 0.2) is 22.7 Å². The maximum absolute atomic E-state index is 11.7. The molecule has 0 aromatic heterocycles. The molecule has 0 bridgehead atoms. The number of rotatable bonds is 6. The molecule has 4 nitrogen and oxygen atoms in total. The number of halogens is 1. The summed E-state index contributed by atoms with van der Waals surface area (Å²) < 4.78 is 26.8. The van der Waals surface area contributed by atoms with Gasteiger partial charge in [0.1, 0.15) is 0 Å². The summed E-state index contributed by atoms with van der Waals surface area (Å²) in [6.07, 6.45) is 0.991. The fraction of sp³-hybridized carbons (Fsp3) is 0.455. The van der Waals surface area contributed by atoms with Gasteiger partial charge in [-0.25, -0.2) is 8.42 Å². The topological polar surface area (TPSA) is 66.4 Å². The lowest BCUT2D eigenvalue weighted by molar-refractivity contribution is 0.295. The molecule has 0 saturated heterocycles. The number of aryl methyl sites for hydroxylation is 1. The van der Waals surface area contributed by atoms with E-state index in [0.29, 0.717) is 5.69 Å². The van der Waals surface area contributed by atoms with E-state index in [1.165, 1.54) is 0 Å². The molecule has 17 heavy (non-hydrogen) atoms. The molecular formula is C11H16BrNO3S. The minimum absolute atomic E-state index is 0.0667. The minimum Gasteiger partial charge on any atom is -0.396 e. The number of nitrogens with one attached hydrogen (secondary N) is 1. The number of sulfonamides is 1. The molecule has 6 heteroatoms. The Morgan fingerprint density at radius 3 is 2.71 bits per heavy atom. The molecule has 0 unspecified atom stereocenters.